The van der Waals surface area contributed by atoms with Crippen molar-refractivity contribution in [3.05, 3.63) is 29.8 Å². The average molecular weight is 278 g/mol. The van der Waals surface area contributed by atoms with Crippen molar-refractivity contribution in [1.82, 2.24) is 4.90 Å². The van der Waals surface area contributed by atoms with Crippen LogP contribution in [-0.4, -0.2) is 46.8 Å². The number of hydrogen-bond donors (Lipinski definition) is 3. The van der Waals surface area contributed by atoms with Crippen LogP contribution in [0.5, 0.6) is 0 Å². The number of carbonyl (C=O) groups excluding carboxylic acids is 1. The van der Waals surface area contributed by atoms with Crippen molar-refractivity contribution in [2.24, 2.45) is 5.92 Å². The normalized spacial score (nSPS) is 18.6. The standard InChI is InChI=1S/C14H18N2O4/c17-9-10-4-3-7-16(8-10)14(20)15-12-6-2-1-5-11(12)13(18)19/h1-2,5-6,10,17H,3-4,7-9H2,(H,15,20)(H,18,19). The Labute approximate surface area is 117 Å². The first kappa shape index (κ1) is 14.3. The minimum Gasteiger partial charge on any atom is -0.478 e. The molecule has 1 fully saturated rings. The zero-order valence-corrected chi connectivity index (χ0v) is 11.1. The van der Waals surface area contributed by atoms with E-state index in [-0.39, 0.29) is 29.8 Å². The predicted octanol–water partition coefficient (Wildman–Crippen LogP) is 1.62. The van der Waals surface area contributed by atoms with Gasteiger partial charge in [-0.2, -0.15) is 0 Å². The van der Waals surface area contributed by atoms with E-state index in [1.54, 1.807) is 23.1 Å². The van der Waals surface area contributed by atoms with Crippen LogP contribution < -0.4 is 5.32 Å². The molecule has 1 aliphatic heterocycles. The molecule has 3 N–H and O–H groups in total. The average Bonchev–Trinajstić information content (AvgIpc) is 2.47. The zero-order chi connectivity index (χ0) is 14.5. The number of aliphatic hydroxyl groups excluding tert-OH is 1. The SMILES string of the molecule is O=C(O)c1ccccc1NC(=O)N1CCCC(CO)C1. The molecule has 1 aromatic rings. The minimum atomic E-state index is -1.08. The van der Waals surface area contributed by atoms with Gasteiger partial charge in [-0.05, 0) is 30.9 Å². The maximum atomic E-state index is 12.1. The molecule has 0 saturated carbocycles. The number of carboxylic acids is 1. The van der Waals surface area contributed by atoms with E-state index in [4.69, 9.17) is 10.2 Å². The predicted molar refractivity (Wildman–Crippen MR) is 73.8 cm³/mol. The summed E-state index contributed by atoms with van der Waals surface area (Å²) in [7, 11) is 0. The van der Waals surface area contributed by atoms with Gasteiger partial charge in [0.05, 0.1) is 11.3 Å². The van der Waals surface area contributed by atoms with Crippen molar-refractivity contribution in [1.29, 1.82) is 0 Å². The minimum absolute atomic E-state index is 0.0650. The Hall–Kier alpha value is -2.08. The molecular weight excluding hydrogens is 260 g/mol. The molecule has 1 saturated heterocycles. The molecule has 1 atom stereocenters. The Morgan fingerprint density at radius 2 is 2.10 bits per heavy atom. The lowest BCUT2D eigenvalue weighted by molar-refractivity contribution is 0.0698. The van der Waals surface area contributed by atoms with Gasteiger partial charge in [0.25, 0.3) is 0 Å². The van der Waals surface area contributed by atoms with Gasteiger partial charge in [0, 0.05) is 19.7 Å². The number of rotatable bonds is 3. The molecule has 0 radical (unpaired) electrons. The van der Waals surface area contributed by atoms with Crippen molar-refractivity contribution < 1.29 is 19.8 Å². The van der Waals surface area contributed by atoms with Crippen molar-refractivity contribution >= 4 is 17.7 Å². The van der Waals surface area contributed by atoms with Crippen LogP contribution in [0.2, 0.25) is 0 Å². The number of nitrogens with zero attached hydrogens (tertiary/aromatic N) is 1. The van der Waals surface area contributed by atoms with Gasteiger partial charge in [0.2, 0.25) is 0 Å². The summed E-state index contributed by atoms with van der Waals surface area (Å²) in [5.41, 5.74) is 0.354. The molecule has 1 unspecified atom stereocenters. The first-order valence-electron chi connectivity index (χ1n) is 6.61. The quantitative estimate of drug-likeness (QED) is 0.783. The van der Waals surface area contributed by atoms with E-state index in [2.05, 4.69) is 5.32 Å². The first-order valence-corrected chi connectivity index (χ1v) is 6.61. The summed E-state index contributed by atoms with van der Waals surface area (Å²) in [5, 5.41) is 20.9. The van der Waals surface area contributed by atoms with E-state index in [1.807, 2.05) is 0 Å². The maximum Gasteiger partial charge on any atom is 0.337 e. The summed E-state index contributed by atoms with van der Waals surface area (Å²) in [6, 6.07) is 5.98. The number of urea groups is 1. The lowest BCUT2D eigenvalue weighted by Gasteiger charge is -2.31. The summed E-state index contributed by atoms with van der Waals surface area (Å²) in [6.07, 6.45) is 1.76. The molecule has 6 nitrogen and oxygen atoms in total. The third-order valence-electron chi connectivity index (χ3n) is 3.46. The highest BCUT2D eigenvalue weighted by Gasteiger charge is 2.24. The molecule has 1 aromatic carbocycles. The topological polar surface area (TPSA) is 89.9 Å². The molecule has 2 rings (SSSR count). The fourth-order valence-corrected chi connectivity index (χ4v) is 2.37. The van der Waals surface area contributed by atoms with Crippen LogP contribution in [0.15, 0.2) is 24.3 Å². The molecule has 1 heterocycles. The number of anilines is 1. The number of nitrogens with one attached hydrogen (secondary N) is 1. The van der Waals surface area contributed by atoms with Crippen LogP contribution >= 0.6 is 0 Å². The third-order valence-corrected chi connectivity index (χ3v) is 3.46. The van der Waals surface area contributed by atoms with Crippen LogP contribution in [0.25, 0.3) is 0 Å². The highest BCUT2D eigenvalue weighted by Crippen LogP contribution is 2.19. The second-order valence-corrected chi connectivity index (χ2v) is 4.92. The number of aliphatic hydroxyl groups is 1. The number of piperidine rings is 1. The number of carbonyl (C=O) groups is 2. The largest absolute Gasteiger partial charge is 0.478 e. The van der Waals surface area contributed by atoms with E-state index >= 15 is 0 Å². The van der Waals surface area contributed by atoms with E-state index in [1.165, 1.54) is 6.07 Å². The van der Waals surface area contributed by atoms with Gasteiger partial charge in [-0.3, -0.25) is 0 Å². The van der Waals surface area contributed by atoms with Crippen molar-refractivity contribution in [3.63, 3.8) is 0 Å². The first-order chi connectivity index (χ1) is 9.61. The molecule has 0 spiro atoms. The molecule has 1 aliphatic rings. The molecule has 0 aliphatic carbocycles. The fraction of sp³-hybridized carbons (Fsp3) is 0.429. The monoisotopic (exact) mass is 278 g/mol. The van der Waals surface area contributed by atoms with Crippen molar-refractivity contribution in [2.75, 3.05) is 25.0 Å². The summed E-state index contributed by atoms with van der Waals surface area (Å²) < 4.78 is 0. The third kappa shape index (κ3) is 3.27. The Balaban J connectivity index is 2.06. The van der Waals surface area contributed by atoms with Crippen LogP contribution in [0, 0.1) is 5.92 Å². The Morgan fingerprint density at radius 1 is 1.35 bits per heavy atom. The second-order valence-electron chi connectivity index (χ2n) is 4.92. The Kier molecular flexibility index (Phi) is 4.57. The maximum absolute atomic E-state index is 12.1. The van der Waals surface area contributed by atoms with Crippen molar-refractivity contribution in [2.45, 2.75) is 12.8 Å². The lowest BCUT2D eigenvalue weighted by atomic mass is 9.99. The second kappa shape index (κ2) is 6.38. The molecule has 2 amide bonds. The van der Waals surface area contributed by atoms with Gasteiger partial charge in [0.15, 0.2) is 0 Å². The summed E-state index contributed by atoms with van der Waals surface area (Å²) in [4.78, 5) is 24.8. The van der Waals surface area contributed by atoms with E-state index < -0.39 is 5.97 Å². The van der Waals surface area contributed by atoms with Crippen LogP contribution in [0.1, 0.15) is 23.2 Å². The zero-order valence-electron chi connectivity index (χ0n) is 11.1. The molecule has 0 aromatic heterocycles. The van der Waals surface area contributed by atoms with Gasteiger partial charge in [-0.25, -0.2) is 9.59 Å². The Morgan fingerprint density at radius 3 is 2.80 bits per heavy atom. The number of aromatic carboxylic acids is 1. The molecule has 0 bridgehead atoms. The number of benzene rings is 1. The number of para-hydroxylation sites is 1. The van der Waals surface area contributed by atoms with Gasteiger partial charge in [-0.15, -0.1) is 0 Å². The van der Waals surface area contributed by atoms with Crippen LogP contribution in [0.3, 0.4) is 0 Å². The van der Waals surface area contributed by atoms with Crippen LogP contribution in [-0.2, 0) is 0 Å². The van der Waals surface area contributed by atoms with Gasteiger partial charge < -0.3 is 20.4 Å². The summed E-state index contributed by atoms with van der Waals surface area (Å²) in [6.45, 7) is 1.19. The van der Waals surface area contributed by atoms with Crippen molar-refractivity contribution in [3.8, 4) is 0 Å². The highest BCUT2D eigenvalue weighted by molar-refractivity contribution is 5.99. The fourth-order valence-electron chi connectivity index (χ4n) is 2.37. The highest BCUT2D eigenvalue weighted by atomic mass is 16.4. The summed E-state index contributed by atoms with van der Waals surface area (Å²) in [5.74, 6) is -0.975. The van der Waals surface area contributed by atoms with E-state index in [9.17, 15) is 9.59 Å². The number of carboxylic acid groups (broad SMARTS) is 1. The van der Waals surface area contributed by atoms with Gasteiger partial charge in [0.1, 0.15) is 0 Å². The molecular formula is C14H18N2O4. The molecule has 108 valence electrons. The number of likely N-dealkylation sites (tertiary alicyclic amines) is 1. The molecule has 20 heavy (non-hydrogen) atoms. The van der Waals surface area contributed by atoms with E-state index in [0.29, 0.717) is 13.1 Å². The summed E-state index contributed by atoms with van der Waals surface area (Å²) >= 11 is 0. The van der Waals surface area contributed by atoms with Crippen LogP contribution in [0.4, 0.5) is 10.5 Å². The smallest absolute Gasteiger partial charge is 0.337 e. The van der Waals surface area contributed by atoms with Gasteiger partial charge in [-0.1, -0.05) is 12.1 Å². The number of hydrogen-bond acceptors (Lipinski definition) is 3. The van der Waals surface area contributed by atoms with Gasteiger partial charge >= 0.3 is 12.0 Å². The lowest BCUT2D eigenvalue weighted by Crippen LogP contribution is -2.43. The number of amides is 2. The molecule has 6 heteroatoms. The Bertz CT molecular complexity index is 504. The van der Waals surface area contributed by atoms with E-state index in [0.717, 1.165) is 12.8 Å².